The standard InChI is InChI=1S/C15H24N2O3/c1-4-17(10-13-8-6-7-12(3)16-13)11-14(18)9-15(19)20-5-2/h6-8,14,18H,4-5,9-11H2,1-3H3. The van der Waals surface area contributed by atoms with Gasteiger partial charge in [0.15, 0.2) is 0 Å². The predicted octanol–water partition coefficient (Wildman–Crippen LogP) is 1.53. The van der Waals surface area contributed by atoms with Crippen LogP contribution < -0.4 is 0 Å². The van der Waals surface area contributed by atoms with E-state index in [9.17, 15) is 9.90 Å². The van der Waals surface area contributed by atoms with Gasteiger partial charge in [-0.05, 0) is 32.5 Å². The Morgan fingerprint density at radius 2 is 2.20 bits per heavy atom. The summed E-state index contributed by atoms with van der Waals surface area (Å²) in [6, 6.07) is 5.89. The molecule has 0 amide bonds. The largest absolute Gasteiger partial charge is 0.466 e. The maximum Gasteiger partial charge on any atom is 0.308 e. The topological polar surface area (TPSA) is 62.7 Å². The average Bonchev–Trinajstić information content (AvgIpc) is 2.38. The summed E-state index contributed by atoms with van der Waals surface area (Å²) in [6.45, 7) is 7.96. The molecule has 0 aliphatic rings. The number of aromatic nitrogens is 1. The predicted molar refractivity (Wildman–Crippen MR) is 77.2 cm³/mol. The Morgan fingerprint density at radius 3 is 2.80 bits per heavy atom. The third kappa shape index (κ3) is 6.12. The first-order chi connectivity index (χ1) is 9.55. The van der Waals surface area contributed by atoms with Gasteiger partial charge in [-0.15, -0.1) is 0 Å². The minimum Gasteiger partial charge on any atom is -0.466 e. The fraction of sp³-hybridized carbons (Fsp3) is 0.600. The number of aliphatic hydroxyl groups excluding tert-OH is 1. The van der Waals surface area contributed by atoms with Gasteiger partial charge in [-0.1, -0.05) is 13.0 Å². The van der Waals surface area contributed by atoms with E-state index in [1.54, 1.807) is 6.92 Å². The van der Waals surface area contributed by atoms with E-state index < -0.39 is 6.10 Å². The molecular weight excluding hydrogens is 256 g/mol. The van der Waals surface area contributed by atoms with Crippen LogP contribution in [0.25, 0.3) is 0 Å². The van der Waals surface area contributed by atoms with Crippen molar-refractivity contribution in [2.45, 2.75) is 39.8 Å². The minimum absolute atomic E-state index is 0.0333. The second kappa shape index (κ2) is 8.66. The first-order valence-electron chi connectivity index (χ1n) is 7.03. The molecule has 1 N–H and O–H groups in total. The van der Waals surface area contributed by atoms with Gasteiger partial charge in [0.1, 0.15) is 0 Å². The number of rotatable bonds is 8. The molecule has 0 saturated heterocycles. The monoisotopic (exact) mass is 280 g/mol. The quantitative estimate of drug-likeness (QED) is 0.732. The van der Waals surface area contributed by atoms with Crippen molar-refractivity contribution in [3.05, 3.63) is 29.6 Å². The van der Waals surface area contributed by atoms with Gasteiger partial charge in [-0.2, -0.15) is 0 Å². The van der Waals surface area contributed by atoms with Crippen molar-refractivity contribution in [2.75, 3.05) is 19.7 Å². The third-order valence-electron chi connectivity index (χ3n) is 2.96. The highest BCUT2D eigenvalue weighted by Gasteiger charge is 2.15. The summed E-state index contributed by atoms with van der Waals surface area (Å²) in [4.78, 5) is 17.8. The highest BCUT2D eigenvalue weighted by molar-refractivity contribution is 5.69. The highest BCUT2D eigenvalue weighted by Crippen LogP contribution is 2.06. The summed E-state index contributed by atoms with van der Waals surface area (Å²) >= 11 is 0. The summed E-state index contributed by atoms with van der Waals surface area (Å²) in [5.74, 6) is -0.357. The van der Waals surface area contributed by atoms with Gasteiger partial charge in [0, 0.05) is 18.8 Å². The van der Waals surface area contributed by atoms with Crippen LogP contribution in [0, 0.1) is 6.92 Å². The average molecular weight is 280 g/mol. The molecule has 0 aliphatic carbocycles. The molecule has 1 unspecified atom stereocenters. The SMILES string of the molecule is CCOC(=O)CC(O)CN(CC)Cc1cccc(C)n1. The molecule has 20 heavy (non-hydrogen) atoms. The molecule has 0 saturated carbocycles. The summed E-state index contributed by atoms with van der Waals surface area (Å²) in [7, 11) is 0. The van der Waals surface area contributed by atoms with E-state index >= 15 is 0 Å². The van der Waals surface area contributed by atoms with Crippen molar-refractivity contribution in [3.63, 3.8) is 0 Å². The molecule has 1 rings (SSSR count). The molecule has 0 aromatic carbocycles. The van der Waals surface area contributed by atoms with E-state index in [4.69, 9.17) is 4.74 Å². The molecule has 1 atom stereocenters. The summed E-state index contributed by atoms with van der Waals surface area (Å²) in [6.07, 6.45) is -0.676. The molecule has 5 nitrogen and oxygen atoms in total. The smallest absolute Gasteiger partial charge is 0.308 e. The number of aryl methyl sites for hydroxylation is 1. The van der Waals surface area contributed by atoms with Crippen molar-refractivity contribution < 1.29 is 14.6 Å². The molecule has 1 aromatic rings. The molecule has 0 spiro atoms. The van der Waals surface area contributed by atoms with E-state index in [-0.39, 0.29) is 12.4 Å². The third-order valence-corrected chi connectivity index (χ3v) is 2.96. The zero-order valence-electron chi connectivity index (χ0n) is 12.5. The minimum atomic E-state index is -0.709. The van der Waals surface area contributed by atoms with Crippen molar-refractivity contribution in [3.8, 4) is 0 Å². The number of carbonyl (C=O) groups is 1. The summed E-state index contributed by atoms with van der Waals surface area (Å²) in [5, 5.41) is 9.92. The molecule has 1 aromatic heterocycles. The Bertz CT molecular complexity index is 423. The van der Waals surface area contributed by atoms with E-state index in [0.29, 0.717) is 19.7 Å². The number of likely N-dealkylation sites (N-methyl/N-ethyl adjacent to an activating group) is 1. The number of hydrogen-bond acceptors (Lipinski definition) is 5. The van der Waals surface area contributed by atoms with Crippen LogP contribution in [0.1, 0.15) is 31.7 Å². The highest BCUT2D eigenvalue weighted by atomic mass is 16.5. The van der Waals surface area contributed by atoms with Crippen LogP contribution in [0.2, 0.25) is 0 Å². The lowest BCUT2D eigenvalue weighted by atomic mass is 10.2. The van der Waals surface area contributed by atoms with E-state index in [2.05, 4.69) is 9.88 Å². The molecule has 5 heteroatoms. The maximum atomic E-state index is 11.3. The van der Waals surface area contributed by atoms with Gasteiger partial charge in [0.2, 0.25) is 0 Å². The van der Waals surface area contributed by atoms with Gasteiger partial charge in [-0.3, -0.25) is 14.7 Å². The molecule has 0 radical (unpaired) electrons. The van der Waals surface area contributed by atoms with Crippen LogP contribution in [-0.4, -0.2) is 46.8 Å². The van der Waals surface area contributed by atoms with Crippen LogP contribution in [-0.2, 0) is 16.1 Å². The number of aliphatic hydroxyl groups is 1. The number of hydrogen-bond donors (Lipinski definition) is 1. The lowest BCUT2D eigenvalue weighted by molar-refractivity contribution is -0.145. The second-order valence-corrected chi connectivity index (χ2v) is 4.76. The fourth-order valence-corrected chi connectivity index (χ4v) is 2.00. The number of ether oxygens (including phenoxy) is 1. The first kappa shape index (κ1) is 16.6. The van der Waals surface area contributed by atoms with E-state index in [1.165, 1.54) is 0 Å². The Morgan fingerprint density at radius 1 is 1.45 bits per heavy atom. The Kier molecular flexibility index (Phi) is 7.18. The lowest BCUT2D eigenvalue weighted by Gasteiger charge is -2.23. The van der Waals surface area contributed by atoms with Crippen molar-refractivity contribution >= 4 is 5.97 Å². The van der Waals surface area contributed by atoms with Crippen molar-refractivity contribution in [1.29, 1.82) is 0 Å². The number of esters is 1. The summed E-state index contributed by atoms with van der Waals surface area (Å²) in [5.41, 5.74) is 1.95. The van der Waals surface area contributed by atoms with Gasteiger partial charge in [-0.25, -0.2) is 0 Å². The van der Waals surface area contributed by atoms with Crippen LogP contribution in [0.3, 0.4) is 0 Å². The zero-order chi connectivity index (χ0) is 15.0. The molecule has 1 heterocycles. The van der Waals surface area contributed by atoms with Gasteiger partial charge < -0.3 is 9.84 Å². The molecule has 0 fully saturated rings. The molecule has 0 aliphatic heterocycles. The summed E-state index contributed by atoms with van der Waals surface area (Å²) < 4.78 is 4.83. The van der Waals surface area contributed by atoms with Crippen LogP contribution in [0.15, 0.2) is 18.2 Å². The first-order valence-corrected chi connectivity index (χ1v) is 7.03. The Balaban J connectivity index is 2.48. The lowest BCUT2D eigenvalue weighted by Crippen LogP contribution is -2.33. The van der Waals surface area contributed by atoms with Gasteiger partial charge in [0.05, 0.1) is 24.8 Å². The number of pyridine rings is 1. The Labute approximate surface area is 120 Å². The van der Waals surface area contributed by atoms with E-state index in [0.717, 1.165) is 17.9 Å². The number of carbonyl (C=O) groups excluding carboxylic acids is 1. The van der Waals surface area contributed by atoms with Gasteiger partial charge in [0.25, 0.3) is 0 Å². The fourth-order valence-electron chi connectivity index (χ4n) is 2.00. The molecule has 0 bridgehead atoms. The van der Waals surface area contributed by atoms with Crippen molar-refractivity contribution in [2.24, 2.45) is 0 Å². The zero-order valence-corrected chi connectivity index (χ0v) is 12.5. The van der Waals surface area contributed by atoms with E-state index in [1.807, 2.05) is 32.0 Å². The van der Waals surface area contributed by atoms with Crippen LogP contribution in [0.5, 0.6) is 0 Å². The second-order valence-electron chi connectivity index (χ2n) is 4.76. The maximum absolute atomic E-state index is 11.3. The van der Waals surface area contributed by atoms with Crippen molar-refractivity contribution in [1.82, 2.24) is 9.88 Å². The van der Waals surface area contributed by atoms with Crippen LogP contribution in [0.4, 0.5) is 0 Å². The van der Waals surface area contributed by atoms with Gasteiger partial charge >= 0.3 is 5.97 Å². The molecular formula is C15H24N2O3. The molecule has 112 valence electrons. The van der Waals surface area contributed by atoms with Crippen LogP contribution >= 0.6 is 0 Å². The number of nitrogens with zero attached hydrogens (tertiary/aromatic N) is 2. The normalized spacial score (nSPS) is 12.4. The Hall–Kier alpha value is -1.46.